The first kappa shape index (κ1) is 14.0. The smallest absolute Gasteiger partial charge is 0.179 e. The van der Waals surface area contributed by atoms with Crippen molar-refractivity contribution >= 4 is 29.0 Å². The zero-order valence-corrected chi connectivity index (χ0v) is 12.7. The van der Waals surface area contributed by atoms with Crippen LogP contribution in [0.15, 0.2) is 47.0 Å². The van der Waals surface area contributed by atoms with Crippen molar-refractivity contribution in [2.24, 2.45) is 0 Å². The highest BCUT2D eigenvalue weighted by atomic mass is 35.5. The maximum absolute atomic E-state index is 6.25. The number of aryl methyl sites for hydroxylation is 1. The fourth-order valence-electron chi connectivity index (χ4n) is 2.27. The molecule has 2 N–H and O–H groups in total. The first-order valence-corrected chi connectivity index (χ1v) is 7.10. The molecule has 106 valence electrons. The van der Waals surface area contributed by atoms with Gasteiger partial charge in [-0.2, -0.15) is 0 Å². The standard InChI is InChI=1S/C16H12Cl2N2O/c1-9-4-2-5-10(8-9)13-15(21-20-16(13)19)14-11(17)6-3-7-12(14)18/h2-8H,1H3,(H2,19,20). The van der Waals surface area contributed by atoms with Crippen LogP contribution in [0.1, 0.15) is 5.56 Å². The molecule has 0 bridgehead atoms. The number of anilines is 1. The van der Waals surface area contributed by atoms with Gasteiger partial charge in [-0.05, 0) is 24.6 Å². The number of aromatic nitrogens is 1. The van der Waals surface area contributed by atoms with Crippen LogP contribution in [0, 0.1) is 6.92 Å². The lowest BCUT2D eigenvalue weighted by molar-refractivity contribution is 0.436. The van der Waals surface area contributed by atoms with E-state index in [-0.39, 0.29) is 0 Å². The van der Waals surface area contributed by atoms with Crippen molar-refractivity contribution in [1.82, 2.24) is 5.16 Å². The molecule has 0 unspecified atom stereocenters. The van der Waals surface area contributed by atoms with Crippen LogP contribution in [-0.4, -0.2) is 5.16 Å². The summed E-state index contributed by atoms with van der Waals surface area (Å²) in [6.45, 7) is 2.01. The largest absolute Gasteiger partial charge is 0.380 e. The van der Waals surface area contributed by atoms with Gasteiger partial charge in [0.05, 0.1) is 21.2 Å². The van der Waals surface area contributed by atoms with Crippen LogP contribution in [0.2, 0.25) is 10.0 Å². The highest BCUT2D eigenvalue weighted by molar-refractivity contribution is 6.39. The second-order valence-electron chi connectivity index (χ2n) is 4.74. The van der Waals surface area contributed by atoms with Gasteiger partial charge in [0.15, 0.2) is 11.6 Å². The normalized spacial score (nSPS) is 10.8. The molecular weight excluding hydrogens is 307 g/mol. The van der Waals surface area contributed by atoms with E-state index in [4.69, 9.17) is 33.5 Å². The number of hydrogen-bond donors (Lipinski definition) is 1. The number of rotatable bonds is 2. The van der Waals surface area contributed by atoms with Crippen molar-refractivity contribution < 1.29 is 4.52 Å². The molecule has 3 aromatic rings. The summed E-state index contributed by atoms with van der Waals surface area (Å²) >= 11 is 12.5. The number of nitrogens with zero attached hydrogens (tertiary/aromatic N) is 1. The summed E-state index contributed by atoms with van der Waals surface area (Å²) in [5, 5.41) is 4.85. The molecule has 3 nitrogen and oxygen atoms in total. The number of nitrogen functional groups attached to an aromatic ring is 1. The van der Waals surface area contributed by atoms with Crippen molar-refractivity contribution in [3.63, 3.8) is 0 Å². The zero-order chi connectivity index (χ0) is 15.0. The van der Waals surface area contributed by atoms with Gasteiger partial charge in [0, 0.05) is 0 Å². The summed E-state index contributed by atoms with van der Waals surface area (Å²) in [5.74, 6) is 0.792. The van der Waals surface area contributed by atoms with Gasteiger partial charge in [-0.15, -0.1) is 0 Å². The van der Waals surface area contributed by atoms with E-state index in [1.165, 1.54) is 0 Å². The molecule has 0 aliphatic heterocycles. The van der Waals surface area contributed by atoms with Gasteiger partial charge < -0.3 is 10.3 Å². The van der Waals surface area contributed by atoms with Crippen LogP contribution in [0.4, 0.5) is 5.82 Å². The van der Waals surface area contributed by atoms with Crippen LogP contribution in [0.5, 0.6) is 0 Å². The topological polar surface area (TPSA) is 52.0 Å². The Morgan fingerprint density at radius 3 is 2.33 bits per heavy atom. The predicted molar refractivity (Wildman–Crippen MR) is 86.5 cm³/mol. The third-order valence-electron chi connectivity index (χ3n) is 3.22. The van der Waals surface area contributed by atoms with Gasteiger partial charge >= 0.3 is 0 Å². The summed E-state index contributed by atoms with van der Waals surface area (Å²) in [5.41, 5.74) is 9.30. The van der Waals surface area contributed by atoms with Gasteiger partial charge in [-0.3, -0.25) is 0 Å². The lowest BCUT2D eigenvalue weighted by Gasteiger charge is -2.07. The van der Waals surface area contributed by atoms with E-state index in [0.29, 0.717) is 32.8 Å². The molecule has 3 rings (SSSR count). The highest BCUT2D eigenvalue weighted by Gasteiger charge is 2.21. The van der Waals surface area contributed by atoms with Crippen LogP contribution < -0.4 is 5.73 Å². The fourth-order valence-corrected chi connectivity index (χ4v) is 2.84. The zero-order valence-electron chi connectivity index (χ0n) is 11.2. The van der Waals surface area contributed by atoms with Crippen LogP contribution >= 0.6 is 23.2 Å². The first-order valence-electron chi connectivity index (χ1n) is 6.34. The van der Waals surface area contributed by atoms with E-state index >= 15 is 0 Å². The van der Waals surface area contributed by atoms with E-state index in [0.717, 1.165) is 11.1 Å². The molecule has 0 atom stereocenters. The fraction of sp³-hybridized carbons (Fsp3) is 0.0625. The molecule has 0 saturated heterocycles. The molecule has 0 aliphatic carbocycles. The average Bonchev–Trinajstić information content (AvgIpc) is 2.80. The van der Waals surface area contributed by atoms with E-state index in [9.17, 15) is 0 Å². The Kier molecular flexibility index (Phi) is 3.62. The SMILES string of the molecule is Cc1cccc(-c2c(N)noc2-c2c(Cl)cccc2Cl)c1. The minimum Gasteiger partial charge on any atom is -0.380 e. The maximum Gasteiger partial charge on any atom is 0.179 e. The molecule has 2 aromatic carbocycles. The van der Waals surface area contributed by atoms with Crippen molar-refractivity contribution in [3.05, 3.63) is 58.1 Å². The minimum atomic E-state index is 0.312. The third-order valence-corrected chi connectivity index (χ3v) is 3.84. The number of benzene rings is 2. The highest BCUT2D eigenvalue weighted by Crippen LogP contribution is 2.42. The second kappa shape index (κ2) is 5.43. The Morgan fingerprint density at radius 2 is 1.67 bits per heavy atom. The van der Waals surface area contributed by atoms with E-state index < -0.39 is 0 Å². The van der Waals surface area contributed by atoms with E-state index in [1.807, 2.05) is 31.2 Å². The summed E-state index contributed by atoms with van der Waals surface area (Å²) in [6.07, 6.45) is 0. The van der Waals surface area contributed by atoms with Crippen molar-refractivity contribution in [2.75, 3.05) is 5.73 Å². The van der Waals surface area contributed by atoms with Crippen LogP contribution in [-0.2, 0) is 0 Å². The number of hydrogen-bond acceptors (Lipinski definition) is 3. The van der Waals surface area contributed by atoms with Crippen LogP contribution in [0.3, 0.4) is 0 Å². The quantitative estimate of drug-likeness (QED) is 0.706. The van der Waals surface area contributed by atoms with Crippen molar-refractivity contribution in [3.8, 4) is 22.5 Å². The molecule has 0 spiro atoms. The van der Waals surface area contributed by atoms with Gasteiger partial charge in [0.2, 0.25) is 0 Å². The maximum atomic E-state index is 6.25. The lowest BCUT2D eigenvalue weighted by Crippen LogP contribution is -1.90. The van der Waals surface area contributed by atoms with Gasteiger partial charge in [0.1, 0.15) is 0 Å². The molecule has 5 heteroatoms. The van der Waals surface area contributed by atoms with E-state index in [2.05, 4.69) is 5.16 Å². The van der Waals surface area contributed by atoms with Gasteiger partial charge in [-0.1, -0.05) is 64.3 Å². The lowest BCUT2D eigenvalue weighted by atomic mass is 10.00. The average molecular weight is 319 g/mol. The first-order chi connectivity index (χ1) is 10.1. The molecule has 1 heterocycles. The Morgan fingerprint density at radius 1 is 1.00 bits per heavy atom. The molecule has 21 heavy (non-hydrogen) atoms. The number of nitrogens with two attached hydrogens (primary N) is 1. The molecule has 0 saturated carbocycles. The Bertz CT molecular complexity index is 792. The molecular formula is C16H12Cl2N2O. The summed E-state index contributed by atoms with van der Waals surface area (Å²) in [7, 11) is 0. The predicted octanol–water partition coefficient (Wildman–Crippen LogP) is 5.21. The van der Waals surface area contributed by atoms with Gasteiger partial charge in [0.25, 0.3) is 0 Å². The molecule has 0 amide bonds. The van der Waals surface area contributed by atoms with Crippen LogP contribution in [0.25, 0.3) is 22.5 Å². The Balaban J connectivity index is 2.27. The Hall–Kier alpha value is -1.97. The molecule has 1 aromatic heterocycles. The summed E-state index contributed by atoms with van der Waals surface area (Å²) < 4.78 is 5.39. The molecule has 0 aliphatic rings. The van der Waals surface area contributed by atoms with E-state index in [1.54, 1.807) is 18.2 Å². The monoisotopic (exact) mass is 318 g/mol. The molecule has 0 fully saturated rings. The summed E-state index contributed by atoms with van der Waals surface area (Å²) in [4.78, 5) is 0. The summed E-state index contributed by atoms with van der Waals surface area (Å²) in [6, 6.07) is 13.2. The van der Waals surface area contributed by atoms with Gasteiger partial charge in [-0.25, -0.2) is 0 Å². The second-order valence-corrected chi connectivity index (χ2v) is 5.55. The minimum absolute atomic E-state index is 0.312. The van der Waals surface area contributed by atoms with Crippen molar-refractivity contribution in [1.29, 1.82) is 0 Å². The number of halogens is 2. The molecule has 0 radical (unpaired) electrons. The van der Waals surface area contributed by atoms with Crippen molar-refractivity contribution in [2.45, 2.75) is 6.92 Å². The Labute approximate surface area is 132 Å². The third kappa shape index (κ3) is 2.50.